The first-order valence-electron chi connectivity index (χ1n) is 4.74. The summed E-state index contributed by atoms with van der Waals surface area (Å²) in [6.45, 7) is 0. The van der Waals surface area contributed by atoms with E-state index in [0.29, 0.717) is 5.82 Å². The number of halogens is 1. The fraction of sp³-hybridized carbons (Fsp3) is 0. The van der Waals surface area contributed by atoms with Gasteiger partial charge >= 0.3 is 0 Å². The molecule has 1 heterocycles. The molecule has 0 unspecified atom stereocenters. The maximum atomic E-state index is 5.30. The summed E-state index contributed by atoms with van der Waals surface area (Å²) in [5, 5.41) is 3.30. The van der Waals surface area contributed by atoms with Crippen LogP contribution in [-0.4, -0.2) is 4.98 Å². The number of benzene rings is 1. The lowest BCUT2D eigenvalue weighted by molar-refractivity contribution is 1.23. The Morgan fingerprint density at radius 2 is 2.00 bits per heavy atom. The second kappa shape index (κ2) is 5.13. The number of hydrogen-bond donors (Lipinski definition) is 3. The predicted molar refractivity (Wildman–Crippen MR) is 74.5 cm³/mol. The molecular weight excluding hydrogens is 315 g/mol. The van der Waals surface area contributed by atoms with Crippen molar-refractivity contribution in [3.05, 3.63) is 46.2 Å². The third-order valence-corrected chi connectivity index (χ3v) is 3.00. The zero-order valence-corrected chi connectivity index (χ0v) is 10.6. The molecule has 2 aromatic rings. The minimum atomic E-state index is 0.635. The summed E-state index contributed by atoms with van der Waals surface area (Å²) >= 11 is 2.29. The van der Waals surface area contributed by atoms with Crippen LogP contribution in [0, 0.1) is 3.57 Å². The largest absolute Gasteiger partial charge is 0.355 e. The van der Waals surface area contributed by atoms with Gasteiger partial charge in [0.25, 0.3) is 0 Å². The molecule has 2 rings (SSSR count). The van der Waals surface area contributed by atoms with Crippen LogP contribution >= 0.6 is 22.6 Å². The van der Waals surface area contributed by atoms with Crippen molar-refractivity contribution >= 4 is 39.8 Å². The van der Waals surface area contributed by atoms with Crippen molar-refractivity contribution in [3.8, 4) is 0 Å². The van der Waals surface area contributed by atoms with Gasteiger partial charge in [-0.25, -0.2) is 10.8 Å². The number of nitrogens with two attached hydrogens (primary N) is 1. The second-order valence-corrected chi connectivity index (χ2v) is 4.34. The molecule has 0 saturated heterocycles. The summed E-state index contributed by atoms with van der Waals surface area (Å²) in [4.78, 5) is 4.04. The fourth-order valence-electron chi connectivity index (χ4n) is 1.31. The number of nitrogens with one attached hydrogen (secondary N) is 2. The van der Waals surface area contributed by atoms with Crippen molar-refractivity contribution in [2.75, 3.05) is 10.7 Å². The smallest absolute Gasteiger partial charge is 0.141 e. The first-order chi connectivity index (χ1) is 7.79. The number of pyridine rings is 1. The van der Waals surface area contributed by atoms with E-state index in [2.05, 4.69) is 38.3 Å². The molecule has 0 aliphatic heterocycles. The molecule has 0 spiro atoms. The first-order valence-corrected chi connectivity index (χ1v) is 5.81. The van der Waals surface area contributed by atoms with Gasteiger partial charge in [-0.2, -0.15) is 0 Å². The molecule has 82 valence electrons. The molecule has 0 amide bonds. The van der Waals surface area contributed by atoms with Crippen LogP contribution in [0.15, 0.2) is 42.6 Å². The van der Waals surface area contributed by atoms with Gasteiger partial charge in [0.2, 0.25) is 0 Å². The van der Waals surface area contributed by atoms with Crippen molar-refractivity contribution in [1.82, 2.24) is 4.98 Å². The summed E-state index contributed by atoms with van der Waals surface area (Å²) in [6, 6.07) is 11.8. The Hall–Kier alpha value is -1.34. The average molecular weight is 326 g/mol. The molecular formula is C11H11IN4. The maximum Gasteiger partial charge on any atom is 0.141 e. The molecule has 0 aliphatic carbocycles. The van der Waals surface area contributed by atoms with Gasteiger partial charge in [-0.1, -0.05) is 12.1 Å². The molecule has 1 aromatic heterocycles. The quantitative estimate of drug-likeness (QED) is 0.461. The normalized spacial score (nSPS) is 9.88. The van der Waals surface area contributed by atoms with E-state index < -0.39 is 0 Å². The van der Waals surface area contributed by atoms with Crippen molar-refractivity contribution in [2.24, 2.45) is 5.84 Å². The van der Waals surface area contributed by atoms with Crippen molar-refractivity contribution in [1.29, 1.82) is 0 Å². The highest BCUT2D eigenvalue weighted by molar-refractivity contribution is 14.1. The van der Waals surface area contributed by atoms with E-state index >= 15 is 0 Å². The van der Waals surface area contributed by atoms with Crippen LogP contribution in [-0.2, 0) is 0 Å². The van der Waals surface area contributed by atoms with Gasteiger partial charge in [0, 0.05) is 21.5 Å². The zero-order valence-electron chi connectivity index (χ0n) is 8.44. The van der Waals surface area contributed by atoms with Crippen LogP contribution in [0.5, 0.6) is 0 Å². The highest BCUT2D eigenvalue weighted by Crippen LogP contribution is 2.22. The van der Waals surface area contributed by atoms with Gasteiger partial charge in [-0.3, -0.25) is 0 Å². The summed E-state index contributed by atoms with van der Waals surface area (Å²) in [5.41, 5.74) is 4.53. The van der Waals surface area contributed by atoms with Crippen LogP contribution in [0.4, 0.5) is 17.2 Å². The maximum absolute atomic E-state index is 5.30. The highest BCUT2D eigenvalue weighted by Gasteiger charge is 1.99. The van der Waals surface area contributed by atoms with E-state index in [1.165, 1.54) is 3.57 Å². The molecule has 4 nitrogen and oxygen atoms in total. The molecule has 5 heteroatoms. The highest BCUT2D eigenvalue weighted by atomic mass is 127. The van der Waals surface area contributed by atoms with Crippen LogP contribution in [0.3, 0.4) is 0 Å². The molecule has 4 N–H and O–H groups in total. The third-order valence-electron chi connectivity index (χ3n) is 2.06. The van der Waals surface area contributed by atoms with Crippen LogP contribution < -0.4 is 16.6 Å². The lowest BCUT2D eigenvalue weighted by atomic mass is 10.3. The summed E-state index contributed by atoms with van der Waals surface area (Å²) in [7, 11) is 0. The Bertz CT molecular complexity index is 487. The number of rotatable bonds is 3. The van der Waals surface area contributed by atoms with Gasteiger partial charge in [0.05, 0.1) is 5.69 Å². The van der Waals surface area contributed by atoms with Crippen LogP contribution in [0.25, 0.3) is 0 Å². The zero-order chi connectivity index (χ0) is 11.4. The minimum absolute atomic E-state index is 0.635. The van der Waals surface area contributed by atoms with E-state index in [4.69, 9.17) is 5.84 Å². The van der Waals surface area contributed by atoms with E-state index in [1.54, 1.807) is 6.20 Å². The topological polar surface area (TPSA) is 63.0 Å². The number of nitrogens with zero attached hydrogens (tertiary/aromatic N) is 1. The molecule has 0 radical (unpaired) electrons. The first kappa shape index (κ1) is 11.2. The van der Waals surface area contributed by atoms with E-state index in [9.17, 15) is 0 Å². The average Bonchev–Trinajstić information content (AvgIpc) is 2.32. The number of nitrogen functional groups attached to an aromatic ring is 1. The Morgan fingerprint density at radius 1 is 1.19 bits per heavy atom. The predicted octanol–water partition coefficient (Wildman–Crippen LogP) is 2.72. The lowest BCUT2D eigenvalue weighted by Gasteiger charge is -2.09. The number of para-hydroxylation sites is 1. The van der Waals surface area contributed by atoms with Gasteiger partial charge in [-0.15, -0.1) is 0 Å². The summed E-state index contributed by atoms with van der Waals surface area (Å²) in [6.07, 6.45) is 1.70. The van der Waals surface area contributed by atoms with Crippen molar-refractivity contribution < 1.29 is 0 Å². The molecule has 0 bridgehead atoms. The van der Waals surface area contributed by atoms with Gasteiger partial charge in [0.15, 0.2) is 0 Å². The Morgan fingerprint density at radius 3 is 2.75 bits per heavy atom. The number of hydrazine groups is 1. The Balaban J connectivity index is 2.24. The standard InChI is InChI=1S/C11H11IN4/c12-9-3-1-2-4-10(9)15-8-5-6-14-11(7-8)16-13/h1-7H,13H2,(H2,14,15,16). The Kier molecular flexibility index (Phi) is 3.58. The minimum Gasteiger partial charge on any atom is -0.355 e. The van der Waals surface area contributed by atoms with E-state index in [0.717, 1.165) is 11.4 Å². The number of anilines is 3. The Labute approximate surface area is 107 Å². The molecule has 0 fully saturated rings. The molecule has 0 atom stereocenters. The van der Waals surface area contributed by atoms with E-state index in [1.807, 2.05) is 36.4 Å². The van der Waals surface area contributed by atoms with Gasteiger partial charge in [-0.05, 0) is 40.8 Å². The third kappa shape index (κ3) is 2.61. The van der Waals surface area contributed by atoms with Crippen molar-refractivity contribution in [3.63, 3.8) is 0 Å². The van der Waals surface area contributed by atoms with Gasteiger partial charge < -0.3 is 10.7 Å². The van der Waals surface area contributed by atoms with E-state index in [-0.39, 0.29) is 0 Å². The number of aromatic nitrogens is 1. The van der Waals surface area contributed by atoms with Crippen molar-refractivity contribution in [2.45, 2.75) is 0 Å². The van der Waals surface area contributed by atoms with Gasteiger partial charge in [0.1, 0.15) is 5.82 Å². The van der Waals surface area contributed by atoms with Crippen LogP contribution in [0.2, 0.25) is 0 Å². The molecule has 1 aromatic carbocycles. The molecule has 0 aliphatic rings. The molecule has 0 saturated carbocycles. The van der Waals surface area contributed by atoms with Crippen LogP contribution in [0.1, 0.15) is 0 Å². The monoisotopic (exact) mass is 326 g/mol. The summed E-state index contributed by atoms with van der Waals surface area (Å²) in [5.74, 6) is 5.94. The summed E-state index contributed by atoms with van der Waals surface area (Å²) < 4.78 is 1.17. The lowest BCUT2D eigenvalue weighted by Crippen LogP contribution is -2.08. The number of hydrogen-bond acceptors (Lipinski definition) is 4. The fourth-order valence-corrected chi connectivity index (χ4v) is 1.83. The molecule has 16 heavy (non-hydrogen) atoms. The second-order valence-electron chi connectivity index (χ2n) is 3.18. The SMILES string of the molecule is NNc1cc(Nc2ccccc2I)ccn1.